The Bertz CT molecular complexity index is 604. The van der Waals surface area contributed by atoms with E-state index < -0.39 is 5.91 Å². The molecule has 1 aliphatic heterocycles. The van der Waals surface area contributed by atoms with Gasteiger partial charge in [-0.05, 0) is 28.1 Å². The van der Waals surface area contributed by atoms with E-state index in [1.165, 1.54) is 7.11 Å². The standard InChI is InChI=1S/C12H11BrClN3O3/c1-20-11-7(13)4-6(14)5-9(11)15-12(19)8-2-3-10(18)17-16-8/h4-5H,2-3H2,1H3,(H,15,19)(H,17,18). The summed E-state index contributed by atoms with van der Waals surface area (Å²) in [5.74, 6) is -0.148. The molecule has 1 aromatic rings. The van der Waals surface area contributed by atoms with E-state index in [1.807, 2.05) is 0 Å². The van der Waals surface area contributed by atoms with E-state index in [0.29, 0.717) is 27.4 Å². The molecule has 0 saturated carbocycles. The van der Waals surface area contributed by atoms with Crippen LogP contribution in [0.15, 0.2) is 21.7 Å². The second-order valence-corrected chi connectivity index (χ2v) is 5.31. The zero-order valence-electron chi connectivity index (χ0n) is 10.5. The quantitative estimate of drug-likeness (QED) is 0.868. The molecule has 8 heteroatoms. The molecule has 2 rings (SSSR count). The molecule has 2 N–H and O–H groups in total. The van der Waals surface area contributed by atoms with Gasteiger partial charge in [0.15, 0.2) is 5.75 Å². The maximum Gasteiger partial charge on any atom is 0.271 e. The van der Waals surface area contributed by atoms with Gasteiger partial charge < -0.3 is 10.1 Å². The van der Waals surface area contributed by atoms with Gasteiger partial charge in [-0.3, -0.25) is 9.59 Å². The van der Waals surface area contributed by atoms with E-state index in [4.69, 9.17) is 16.3 Å². The minimum Gasteiger partial charge on any atom is -0.493 e. The second-order valence-electron chi connectivity index (χ2n) is 4.02. The van der Waals surface area contributed by atoms with E-state index in [-0.39, 0.29) is 18.0 Å². The largest absolute Gasteiger partial charge is 0.493 e. The first-order valence-electron chi connectivity index (χ1n) is 5.71. The lowest BCUT2D eigenvalue weighted by Gasteiger charge is -2.15. The van der Waals surface area contributed by atoms with E-state index in [0.717, 1.165) is 0 Å². The van der Waals surface area contributed by atoms with Gasteiger partial charge >= 0.3 is 0 Å². The number of carbonyl (C=O) groups excluding carboxylic acids is 2. The number of nitrogens with zero attached hydrogens (tertiary/aromatic N) is 1. The maximum atomic E-state index is 12.1. The molecule has 0 atom stereocenters. The zero-order chi connectivity index (χ0) is 14.7. The molecule has 0 bridgehead atoms. The lowest BCUT2D eigenvalue weighted by Crippen LogP contribution is -2.32. The molecule has 20 heavy (non-hydrogen) atoms. The van der Waals surface area contributed by atoms with E-state index in [9.17, 15) is 9.59 Å². The zero-order valence-corrected chi connectivity index (χ0v) is 12.8. The number of rotatable bonds is 3. The Morgan fingerprint density at radius 3 is 2.85 bits per heavy atom. The summed E-state index contributed by atoms with van der Waals surface area (Å²) in [6.07, 6.45) is 0.532. The minimum atomic E-state index is -0.405. The Balaban J connectivity index is 2.22. The highest BCUT2D eigenvalue weighted by Gasteiger charge is 2.20. The van der Waals surface area contributed by atoms with Crippen LogP contribution >= 0.6 is 27.5 Å². The van der Waals surface area contributed by atoms with Crippen LogP contribution in [0.2, 0.25) is 5.02 Å². The molecule has 0 radical (unpaired) electrons. The van der Waals surface area contributed by atoms with Crippen LogP contribution in [0.5, 0.6) is 5.75 Å². The van der Waals surface area contributed by atoms with Gasteiger partial charge in [0.2, 0.25) is 5.91 Å². The average molecular weight is 361 g/mol. The lowest BCUT2D eigenvalue weighted by atomic mass is 10.1. The second kappa shape index (κ2) is 6.23. The number of nitrogens with one attached hydrogen (secondary N) is 2. The predicted molar refractivity (Wildman–Crippen MR) is 79.1 cm³/mol. The molecule has 2 amide bonds. The van der Waals surface area contributed by atoms with Crippen LogP contribution in [0, 0.1) is 0 Å². The monoisotopic (exact) mass is 359 g/mol. The Morgan fingerprint density at radius 1 is 1.50 bits per heavy atom. The number of carbonyl (C=O) groups is 2. The normalized spacial score (nSPS) is 14.3. The summed E-state index contributed by atoms with van der Waals surface area (Å²) in [5, 5.41) is 6.84. The van der Waals surface area contributed by atoms with Crippen LogP contribution in [0.25, 0.3) is 0 Å². The van der Waals surface area contributed by atoms with Crippen molar-refractivity contribution in [3.63, 3.8) is 0 Å². The van der Waals surface area contributed by atoms with Gasteiger partial charge in [0.1, 0.15) is 5.71 Å². The maximum absolute atomic E-state index is 12.1. The van der Waals surface area contributed by atoms with Crippen LogP contribution in [0.3, 0.4) is 0 Å². The third-order valence-electron chi connectivity index (χ3n) is 2.63. The summed E-state index contributed by atoms with van der Waals surface area (Å²) in [6, 6.07) is 3.24. The average Bonchev–Trinajstić information content (AvgIpc) is 2.39. The van der Waals surface area contributed by atoms with Gasteiger partial charge in [-0.2, -0.15) is 5.10 Å². The van der Waals surface area contributed by atoms with Crippen LogP contribution < -0.4 is 15.5 Å². The van der Waals surface area contributed by atoms with Crippen molar-refractivity contribution < 1.29 is 14.3 Å². The third kappa shape index (κ3) is 3.29. The van der Waals surface area contributed by atoms with E-state index in [1.54, 1.807) is 12.1 Å². The number of hydrazone groups is 1. The Hall–Kier alpha value is -1.60. The highest BCUT2D eigenvalue weighted by atomic mass is 79.9. The van der Waals surface area contributed by atoms with Gasteiger partial charge in [-0.25, -0.2) is 5.43 Å². The molecule has 0 aromatic heterocycles. The number of anilines is 1. The molecule has 0 aliphatic carbocycles. The summed E-state index contributed by atoms with van der Waals surface area (Å²) in [7, 11) is 1.49. The SMILES string of the molecule is COc1c(Br)cc(Cl)cc1NC(=O)C1=NNC(=O)CC1. The van der Waals surface area contributed by atoms with Crippen molar-refractivity contribution in [2.45, 2.75) is 12.8 Å². The highest BCUT2D eigenvalue weighted by Crippen LogP contribution is 2.36. The number of ether oxygens (including phenoxy) is 1. The van der Waals surface area contributed by atoms with Crippen LogP contribution in [0.1, 0.15) is 12.8 Å². The van der Waals surface area contributed by atoms with Crippen LogP contribution in [-0.2, 0) is 9.59 Å². The molecule has 1 heterocycles. The number of hydrogen-bond donors (Lipinski definition) is 2. The number of halogens is 2. The summed E-state index contributed by atoms with van der Waals surface area (Å²) in [6.45, 7) is 0. The number of methoxy groups -OCH3 is 1. The molecule has 0 unspecified atom stereocenters. The van der Waals surface area contributed by atoms with Gasteiger partial charge in [-0.1, -0.05) is 11.6 Å². The minimum absolute atomic E-state index is 0.204. The first-order valence-corrected chi connectivity index (χ1v) is 6.88. The summed E-state index contributed by atoms with van der Waals surface area (Å²) in [5.41, 5.74) is 2.95. The molecule has 6 nitrogen and oxygen atoms in total. The molecule has 0 saturated heterocycles. The first-order chi connectivity index (χ1) is 9.51. The van der Waals surface area contributed by atoms with E-state index >= 15 is 0 Å². The predicted octanol–water partition coefficient (Wildman–Crippen LogP) is 2.32. The summed E-state index contributed by atoms with van der Waals surface area (Å²) in [4.78, 5) is 23.0. The van der Waals surface area contributed by atoms with Crippen molar-refractivity contribution >= 4 is 50.7 Å². The molecule has 1 aliphatic rings. The van der Waals surface area contributed by atoms with Crippen molar-refractivity contribution in [2.75, 3.05) is 12.4 Å². The molecular weight excluding hydrogens is 350 g/mol. The van der Waals surface area contributed by atoms with Gasteiger partial charge in [0, 0.05) is 17.9 Å². The van der Waals surface area contributed by atoms with Gasteiger partial charge in [0.25, 0.3) is 5.91 Å². The fourth-order valence-corrected chi connectivity index (χ4v) is 2.67. The summed E-state index contributed by atoms with van der Waals surface area (Å²) < 4.78 is 5.83. The number of amides is 2. The Morgan fingerprint density at radius 2 is 2.25 bits per heavy atom. The van der Waals surface area contributed by atoms with Crippen molar-refractivity contribution in [3.8, 4) is 5.75 Å². The lowest BCUT2D eigenvalue weighted by molar-refractivity contribution is -0.121. The van der Waals surface area contributed by atoms with Crippen molar-refractivity contribution in [1.29, 1.82) is 0 Å². The summed E-state index contributed by atoms with van der Waals surface area (Å²) >= 11 is 9.25. The number of benzene rings is 1. The van der Waals surface area contributed by atoms with Crippen molar-refractivity contribution in [1.82, 2.24) is 5.43 Å². The number of hydrogen-bond acceptors (Lipinski definition) is 4. The fourth-order valence-electron chi connectivity index (χ4n) is 1.69. The van der Waals surface area contributed by atoms with Crippen LogP contribution in [-0.4, -0.2) is 24.6 Å². The Kier molecular flexibility index (Phi) is 4.61. The van der Waals surface area contributed by atoms with Gasteiger partial charge in [-0.15, -0.1) is 0 Å². The van der Waals surface area contributed by atoms with Crippen molar-refractivity contribution in [2.24, 2.45) is 5.10 Å². The molecule has 1 aromatic carbocycles. The van der Waals surface area contributed by atoms with Gasteiger partial charge in [0.05, 0.1) is 17.3 Å². The fraction of sp³-hybridized carbons (Fsp3) is 0.250. The van der Waals surface area contributed by atoms with E-state index in [2.05, 4.69) is 31.8 Å². The highest BCUT2D eigenvalue weighted by molar-refractivity contribution is 9.10. The third-order valence-corrected chi connectivity index (χ3v) is 3.43. The molecule has 106 valence electrons. The first kappa shape index (κ1) is 14.8. The molecule has 0 spiro atoms. The molecular formula is C12H11BrClN3O3. The smallest absolute Gasteiger partial charge is 0.271 e. The molecule has 0 fully saturated rings. The Labute approximate surface area is 128 Å². The van der Waals surface area contributed by atoms with Crippen molar-refractivity contribution in [3.05, 3.63) is 21.6 Å². The van der Waals surface area contributed by atoms with Crippen LogP contribution in [0.4, 0.5) is 5.69 Å². The topological polar surface area (TPSA) is 79.8 Å².